The monoisotopic (exact) mass is 305 g/mol. The van der Waals surface area contributed by atoms with Gasteiger partial charge in [-0.05, 0) is 32.6 Å². The van der Waals surface area contributed by atoms with Crippen LogP contribution in [0.4, 0.5) is 0 Å². The zero-order valence-electron chi connectivity index (χ0n) is 12.4. The zero-order chi connectivity index (χ0) is 14.8. The summed E-state index contributed by atoms with van der Waals surface area (Å²) in [7, 11) is 1.82. The number of rotatable bonds is 4. The number of nitrogens with zero attached hydrogens (tertiary/aromatic N) is 3. The van der Waals surface area contributed by atoms with Crippen LogP contribution in [0.3, 0.4) is 0 Å². The van der Waals surface area contributed by atoms with Crippen molar-refractivity contribution in [2.75, 3.05) is 13.6 Å². The standard InChI is InChI=1S/C15H19N3O2S/c1-10-13(21-9-16-10)7-8-18(2)15(19)14-11-5-3-4-6-12(11)17-20-14/h9H,3-8H2,1-2H3. The molecule has 0 spiro atoms. The molecule has 0 radical (unpaired) electrons. The van der Waals surface area contributed by atoms with E-state index in [1.54, 1.807) is 16.2 Å². The van der Waals surface area contributed by atoms with Crippen LogP contribution in [0.1, 0.15) is 45.2 Å². The highest BCUT2D eigenvalue weighted by Crippen LogP contribution is 2.24. The molecule has 0 aromatic carbocycles. The number of hydrogen-bond acceptors (Lipinski definition) is 5. The minimum absolute atomic E-state index is 0.0622. The van der Waals surface area contributed by atoms with Crippen molar-refractivity contribution in [1.29, 1.82) is 0 Å². The van der Waals surface area contributed by atoms with Crippen LogP contribution in [-0.2, 0) is 19.3 Å². The molecular weight excluding hydrogens is 286 g/mol. The van der Waals surface area contributed by atoms with Gasteiger partial charge < -0.3 is 9.42 Å². The zero-order valence-corrected chi connectivity index (χ0v) is 13.2. The van der Waals surface area contributed by atoms with Crippen molar-refractivity contribution >= 4 is 17.2 Å². The van der Waals surface area contributed by atoms with Crippen molar-refractivity contribution < 1.29 is 9.32 Å². The average Bonchev–Trinajstić information content (AvgIpc) is 3.10. The number of amides is 1. The molecular formula is C15H19N3O2S. The third-order valence-corrected chi connectivity index (χ3v) is 5.01. The van der Waals surface area contributed by atoms with E-state index in [0.717, 1.165) is 49.1 Å². The van der Waals surface area contributed by atoms with Crippen LogP contribution in [0, 0.1) is 6.92 Å². The Balaban J connectivity index is 1.67. The Labute approximate surface area is 128 Å². The molecule has 0 N–H and O–H groups in total. The number of carbonyl (C=O) groups excluding carboxylic acids is 1. The van der Waals surface area contributed by atoms with Crippen molar-refractivity contribution in [2.24, 2.45) is 0 Å². The lowest BCUT2D eigenvalue weighted by Crippen LogP contribution is -2.29. The molecule has 0 atom stereocenters. The molecule has 0 aliphatic heterocycles. The van der Waals surface area contributed by atoms with Gasteiger partial charge in [-0.1, -0.05) is 5.16 Å². The van der Waals surface area contributed by atoms with Gasteiger partial charge in [-0.25, -0.2) is 4.98 Å². The molecule has 0 bridgehead atoms. The summed E-state index contributed by atoms with van der Waals surface area (Å²) >= 11 is 1.64. The molecule has 21 heavy (non-hydrogen) atoms. The average molecular weight is 305 g/mol. The molecule has 2 aromatic rings. The van der Waals surface area contributed by atoms with Gasteiger partial charge in [-0.15, -0.1) is 11.3 Å². The summed E-state index contributed by atoms with van der Waals surface area (Å²) in [5.74, 6) is 0.376. The predicted octanol–water partition coefficient (Wildman–Crippen LogP) is 2.63. The molecule has 2 aromatic heterocycles. The van der Waals surface area contributed by atoms with Crippen LogP contribution in [0.15, 0.2) is 10.0 Å². The first-order valence-corrected chi connectivity index (χ1v) is 8.16. The highest BCUT2D eigenvalue weighted by atomic mass is 32.1. The highest BCUT2D eigenvalue weighted by molar-refractivity contribution is 7.09. The van der Waals surface area contributed by atoms with Crippen molar-refractivity contribution in [3.63, 3.8) is 0 Å². The van der Waals surface area contributed by atoms with E-state index in [2.05, 4.69) is 10.1 Å². The van der Waals surface area contributed by atoms with Crippen LogP contribution in [0.25, 0.3) is 0 Å². The van der Waals surface area contributed by atoms with Gasteiger partial charge in [-0.3, -0.25) is 4.79 Å². The van der Waals surface area contributed by atoms with Crippen LogP contribution in [0.2, 0.25) is 0 Å². The fourth-order valence-corrected chi connectivity index (χ4v) is 3.44. The second kappa shape index (κ2) is 5.97. The molecule has 0 unspecified atom stereocenters. The van der Waals surface area contributed by atoms with E-state index in [9.17, 15) is 4.79 Å². The second-order valence-corrected chi connectivity index (χ2v) is 6.42. The Morgan fingerprint density at radius 2 is 2.24 bits per heavy atom. The minimum Gasteiger partial charge on any atom is -0.350 e. The molecule has 6 heteroatoms. The first kappa shape index (κ1) is 14.3. The number of thiazole rings is 1. The van der Waals surface area contributed by atoms with Gasteiger partial charge in [-0.2, -0.15) is 0 Å². The van der Waals surface area contributed by atoms with Crippen LogP contribution in [-0.4, -0.2) is 34.5 Å². The topological polar surface area (TPSA) is 59.2 Å². The van der Waals surface area contributed by atoms with Crippen LogP contribution < -0.4 is 0 Å². The van der Waals surface area contributed by atoms with Gasteiger partial charge in [0.25, 0.3) is 5.91 Å². The summed E-state index contributed by atoms with van der Waals surface area (Å²) in [5, 5.41) is 4.05. The SMILES string of the molecule is Cc1ncsc1CCN(C)C(=O)c1onc2c1CCCC2. The number of carbonyl (C=O) groups is 1. The van der Waals surface area contributed by atoms with Crippen molar-refractivity contribution in [3.05, 3.63) is 33.1 Å². The lowest BCUT2D eigenvalue weighted by atomic mass is 9.96. The summed E-state index contributed by atoms with van der Waals surface area (Å²) in [6.07, 6.45) is 4.90. The number of likely N-dealkylation sites (N-methyl/N-ethyl adjacent to an activating group) is 1. The maximum absolute atomic E-state index is 12.5. The molecule has 1 aliphatic carbocycles. The number of aromatic nitrogens is 2. The van der Waals surface area contributed by atoms with E-state index in [1.807, 2.05) is 19.5 Å². The number of hydrogen-bond donors (Lipinski definition) is 0. The second-order valence-electron chi connectivity index (χ2n) is 5.48. The Hall–Kier alpha value is -1.69. The Morgan fingerprint density at radius 1 is 1.43 bits per heavy atom. The number of aryl methyl sites for hydroxylation is 2. The van der Waals surface area contributed by atoms with E-state index < -0.39 is 0 Å². The van der Waals surface area contributed by atoms with Crippen LogP contribution in [0.5, 0.6) is 0 Å². The Morgan fingerprint density at radius 3 is 3.00 bits per heavy atom. The van der Waals surface area contributed by atoms with E-state index >= 15 is 0 Å². The summed E-state index contributed by atoms with van der Waals surface area (Å²) in [5.41, 5.74) is 4.89. The molecule has 0 fully saturated rings. The van der Waals surface area contributed by atoms with Crippen molar-refractivity contribution in [3.8, 4) is 0 Å². The summed E-state index contributed by atoms with van der Waals surface area (Å²) < 4.78 is 5.31. The summed E-state index contributed by atoms with van der Waals surface area (Å²) in [4.78, 5) is 19.7. The molecule has 112 valence electrons. The first-order valence-electron chi connectivity index (χ1n) is 7.28. The maximum atomic E-state index is 12.5. The molecule has 2 heterocycles. The normalized spacial score (nSPS) is 14.0. The Kier molecular flexibility index (Phi) is 4.05. The lowest BCUT2D eigenvalue weighted by Gasteiger charge is -2.16. The largest absolute Gasteiger partial charge is 0.350 e. The van der Waals surface area contributed by atoms with E-state index in [1.165, 1.54) is 4.88 Å². The predicted molar refractivity (Wildman–Crippen MR) is 80.7 cm³/mol. The third kappa shape index (κ3) is 2.85. The molecule has 0 saturated heterocycles. The first-order chi connectivity index (χ1) is 10.2. The maximum Gasteiger partial charge on any atom is 0.292 e. The summed E-state index contributed by atoms with van der Waals surface area (Å²) in [6, 6.07) is 0. The molecule has 5 nitrogen and oxygen atoms in total. The van der Waals surface area contributed by atoms with E-state index in [-0.39, 0.29) is 5.91 Å². The van der Waals surface area contributed by atoms with Crippen LogP contribution >= 0.6 is 11.3 Å². The van der Waals surface area contributed by atoms with Gasteiger partial charge in [0.1, 0.15) is 0 Å². The van der Waals surface area contributed by atoms with Gasteiger partial charge in [0, 0.05) is 30.5 Å². The molecule has 0 saturated carbocycles. The summed E-state index contributed by atoms with van der Waals surface area (Å²) in [6.45, 7) is 2.66. The van der Waals surface area contributed by atoms with Crippen molar-refractivity contribution in [1.82, 2.24) is 15.0 Å². The van der Waals surface area contributed by atoms with Gasteiger partial charge in [0.05, 0.1) is 16.9 Å². The molecule has 3 rings (SSSR count). The van der Waals surface area contributed by atoms with Gasteiger partial charge in [0.15, 0.2) is 0 Å². The van der Waals surface area contributed by atoms with E-state index in [4.69, 9.17) is 4.52 Å². The Bertz CT molecular complexity index is 647. The lowest BCUT2D eigenvalue weighted by molar-refractivity contribution is 0.0754. The molecule has 1 aliphatic rings. The van der Waals surface area contributed by atoms with Crippen molar-refractivity contribution in [2.45, 2.75) is 39.0 Å². The van der Waals surface area contributed by atoms with Gasteiger partial charge >= 0.3 is 0 Å². The van der Waals surface area contributed by atoms with E-state index in [0.29, 0.717) is 12.3 Å². The number of fused-ring (bicyclic) bond motifs is 1. The highest BCUT2D eigenvalue weighted by Gasteiger charge is 2.26. The van der Waals surface area contributed by atoms with Gasteiger partial charge in [0.2, 0.25) is 5.76 Å². The fraction of sp³-hybridized carbons (Fsp3) is 0.533. The minimum atomic E-state index is -0.0622. The third-order valence-electron chi connectivity index (χ3n) is 4.02. The smallest absolute Gasteiger partial charge is 0.292 e. The quantitative estimate of drug-likeness (QED) is 0.871. The molecule has 1 amide bonds. The fourth-order valence-electron chi connectivity index (χ4n) is 2.67.